The van der Waals surface area contributed by atoms with E-state index in [1.165, 1.54) is 18.4 Å². The molecule has 0 atom stereocenters. The summed E-state index contributed by atoms with van der Waals surface area (Å²) >= 11 is 6.09. The Balaban J connectivity index is 1.96. The van der Waals surface area contributed by atoms with Gasteiger partial charge in [0.25, 0.3) is 0 Å². The van der Waals surface area contributed by atoms with Crippen molar-refractivity contribution in [3.8, 4) is 5.75 Å². The zero-order chi connectivity index (χ0) is 13.7. The van der Waals surface area contributed by atoms with Gasteiger partial charge in [-0.05, 0) is 51.1 Å². The molecular formula is C15H23ClN2O. The van der Waals surface area contributed by atoms with Crippen LogP contribution in [0.2, 0.25) is 5.02 Å². The molecule has 1 aromatic rings. The Bertz CT molecular complexity index is 407. The van der Waals surface area contributed by atoms with E-state index in [0.29, 0.717) is 0 Å². The molecule has 0 bridgehead atoms. The minimum Gasteiger partial charge on any atom is -0.493 e. The van der Waals surface area contributed by atoms with Crippen molar-refractivity contribution < 1.29 is 4.74 Å². The molecule has 1 N–H and O–H groups in total. The van der Waals surface area contributed by atoms with Gasteiger partial charge < -0.3 is 15.0 Å². The van der Waals surface area contributed by atoms with Crippen molar-refractivity contribution >= 4 is 11.6 Å². The molecule has 4 heteroatoms. The lowest BCUT2D eigenvalue weighted by Crippen LogP contribution is -2.27. The third kappa shape index (κ3) is 5.01. The number of nitrogens with one attached hydrogen (secondary N) is 1. The average Bonchev–Trinajstić information content (AvgIpc) is 3.19. The predicted molar refractivity (Wildman–Crippen MR) is 79.9 cm³/mol. The van der Waals surface area contributed by atoms with E-state index in [-0.39, 0.29) is 0 Å². The van der Waals surface area contributed by atoms with Crippen LogP contribution in [0, 0.1) is 5.92 Å². The topological polar surface area (TPSA) is 24.5 Å². The first-order valence-corrected chi connectivity index (χ1v) is 7.31. The fourth-order valence-electron chi connectivity index (χ4n) is 1.98. The van der Waals surface area contributed by atoms with Crippen LogP contribution in [0.5, 0.6) is 5.75 Å². The molecular weight excluding hydrogens is 260 g/mol. The summed E-state index contributed by atoms with van der Waals surface area (Å²) in [4.78, 5) is 2.27. The van der Waals surface area contributed by atoms with Gasteiger partial charge in [-0.1, -0.05) is 11.6 Å². The minimum atomic E-state index is 0.769. The average molecular weight is 283 g/mol. The summed E-state index contributed by atoms with van der Waals surface area (Å²) in [5.41, 5.74) is 1.17. The molecule has 1 aromatic carbocycles. The molecule has 1 fully saturated rings. The largest absolute Gasteiger partial charge is 0.493 e. The van der Waals surface area contributed by atoms with Gasteiger partial charge in [0.15, 0.2) is 0 Å². The molecule has 0 aliphatic heterocycles. The molecule has 19 heavy (non-hydrogen) atoms. The molecule has 0 saturated heterocycles. The number of halogens is 1. The van der Waals surface area contributed by atoms with Gasteiger partial charge in [-0.2, -0.15) is 0 Å². The fraction of sp³-hybridized carbons (Fsp3) is 0.600. The molecule has 1 aliphatic rings. The van der Waals surface area contributed by atoms with Crippen LogP contribution >= 0.6 is 11.6 Å². The van der Waals surface area contributed by atoms with Crippen LogP contribution in [-0.4, -0.2) is 38.7 Å². The van der Waals surface area contributed by atoms with E-state index in [4.69, 9.17) is 16.3 Å². The van der Waals surface area contributed by atoms with E-state index in [2.05, 4.69) is 17.3 Å². The lowest BCUT2D eigenvalue weighted by Gasteiger charge is -2.19. The van der Waals surface area contributed by atoms with Crippen molar-refractivity contribution in [2.75, 3.05) is 33.8 Å². The minimum absolute atomic E-state index is 0.769. The van der Waals surface area contributed by atoms with E-state index in [9.17, 15) is 0 Å². The number of ether oxygens (including phenoxy) is 1. The van der Waals surface area contributed by atoms with Crippen molar-refractivity contribution in [2.45, 2.75) is 19.4 Å². The second-order valence-corrected chi connectivity index (χ2v) is 5.78. The highest BCUT2D eigenvalue weighted by Crippen LogP contribution is 2.31. The summed E-state index contributed by atoms with van der Waals surface area (Å²) < 4.78 is 5.92. The summed E-state index contributed by atoms with van der Waals surface area (Å²) in [6.07, 6.45) is 2.62. The Labute approximate surface area is 120 Å². The van der Waals surface area contributed by atoms with Gasteiger partial charge in [0, 0.05) is 30.2 Å². The third-order valence-electron chi connectivity index (χ3n) is 3.38. The highest BCUT2D eigenvalue weighted by atomic mass is 35.5. The molecule has 3 nitrogen and oxygen atoms in total. The molecule has 0 unspecified atom stereocenters. The van der Waals surface area contributed by atoms with E-state index < -0.39 is 0 Å². The Morgan fingerprint density at radius 2 is 2.21 bits per heavy atom. The number of likely N-dealkylation sites (N-methyl/N-ethyl adjacent to an activating group) is 2. The maximum atomic E-state index is 6.09. The van der Waals surface area contributed by atoms with E-state index in [1.807, 2.05) is 25.2 Å². The quantitative estimate of drug-likeness (QED) is 0.793. The van der Waals surface area contributed by atoms with Crippen molar-refractivity contribution in [1.82, 2.24) is 10.2 Å². The monoisotopic (exact) mass is 282 g/mol. The second kappa shape index (κ2) is 7.13. The van der Waals surface area contributed by atoms with Crippen LogP contribution in [0.1, 0.15) is 18.4 Å². The summed E-state index contributed by atoms with van der Waals surface area (Å²) in [6, 6.07) is 5.91. The van der Waals surface area contributed by atoms with Gasteiger partial charge in [0.2, 0.25) is 0 Å². The second-order valence-electron chi connectivity index (χ2n) is 5.35. The molecule has 106 valence electrons. The fourth-order valence-corrected chi connectivity index (χ4v) is 2.17. The lowest BCUT2D eigenvalue weighted by molar-refractivity contribution is 0.282. The van der Waals surface area contributed by atoms with Crippen molar-refractivity contribution in [3.63, 3.8) is 0 Å². The van der Waals surface area contributed by atoms with Gasteiger partial charge in [-0.15, -0.1) is 0 Å². The Hall–Kier alpha value is -0.770. The summed E-state index contributed by atoms with van der Waals surface area (Å²) in [6.45, 7) is 3.69. The molecule has 0 spiro atoms. The van der Waals surface area contributed by atoms with Gasteiger partial charge in [-0.3, -0.25) is 0 Å². The summed E-state index contributed by atoms with van der Waals surface area (Å²) in [7, 11) is 4.08. The number of hydrogen-bond donors (Lipinski definition) is 1. The zero-order valence-corrected chi connectivity index (χ0v) is 12.5. The number of hydrogen-bond acceptors (Lipinski definition) is 3. The Morgan fingerprint density at radius 3 is 2.89 bits per heavy atom. The van der Waals surface area contributed by atoms with Gasteiger partial charge >= 0.3 is 0 Å². The normalized spacial score (nSPS) is 14.9. The maximum Gasteiger partial charge on any atom is 0.123 e. The van der Waals surface area contributed by atoms with Crippen LogP contribution < -0.4 is 10.1 Å². The summed E-state index contributed by atoms with van der Waals surface area (Å²) in [5, 5.41) is 3.93. The first kappa shape index (κ1) is 14.6. The van der Waals surface area contributed by atoms with Crippen LogP contribution in [0.4, 0.5) is 0 Å². The number of benzene rings is 1. The van der Waals surface area contributed by atoms with E-state index in [1.54, 1.807) is 0 Å². The van der Waals surface area contributed by atoms with Crippen molar-refractivity contribution in [3.05, 3.63) is 28.8 Å². The molecule has 2 rings (SSSR count). The lowest BCUT2D eigenvalue weighted by atomic mass is 10.2. The molecule has 1 aliphatic carbocycles. The SMILES string of the molecule is CNCCN(C)Cc1cc(Cl)ccc1OCC1CC1. The van der Waals surface area contributed by atoms with Gasteiger partial charge in [-0.25, -0.2) is 0 Å². The first-order valence-electron chi connectivity index (χ1n) is 6.93. The standard InChI is InChI=1S/C15H23ClN2O/c1-17-7-8-18(2)10-13-9-14(16)5-6-15(13)19-11-12-3-4-12/h5-6,9,12,17H,3-4,7-8,10-11H2,1-2H3. The number of rotatable bonds is 8. The smallest absolute Gasteiger partial charge is 0.123 e. The zero-order valence-electron chi connectivity index (χ0n) is 11.8. The summed E-state index contributed by atoms with van der Waals surface area (Å²) in [5.74, 6) is 1.75. The van der Waals surface area contributed by atoms with Gasteiger partial charge in [0.05, 0.1) is 6.61 Å². The van der Waals surface area contributed by atoms with E-state index in [0.717, 1.165) is 42.9 Å². The van der Waals surface area contributed by atoms with Crippen LogP contribution in [0.25, 0.3) is 0 Å². The Kier molecular flexibility index (Phi) is 5.49. The predicted octanol–water partition coefficient (Wildman–Crippen LogP) is 2.78. The van der Waals surface area contributed by atoms with Crippen LogP contribution in [0.15, 0.2) is 18.2 Å². The number of nitrogens with zero attached hydrogens (tertiary/aromatic N) is 1. The molecule has 0 radical (unpaired) electrons. The highest BCUT2D eigenvalue weighted by Gasteiger charge is 2.22. The third-order valence-corrected chi connectivity index (χ3v) is 3.61. The first-order chi connectivity index (χ1) is 9.19. The Morgan fingerprint density at radius 1 is 1.42 bits per heavy atom. The molecule has 0 aromatic heterocycles. The molecule has 0 amide bonds. The van der Waals surface area contributed by atoms with Crippen LogP contribution in [-0.2, 0) is 6.54 Å². The highest BCUT2D eigenvalue weighted by molar-refractivity contribution is 6.30. The van der Waals surface area contributed by atoms with Crippen molar-refractivity contribution in [1.29, 1.82) is 0 Å². The van der Waals surface area contributed by atoms with Gasteiger partial charge in [0.1, 0.15) is 5.75 Å². The van der Waals surface area contributed by atoms with Crippen LogP contribution in [0.3, 0.4) is 0 Å². The van der Waals surface area contributed by atoms with E-state index >= 15 is 0 Å². The maximum absolute atomic E-state index is 6.09. The van der Waals surface area contributed by atoms with Crippen molar-refractivity contribution in [2.24, 2.45) is 5.92 Å². The molecule has 1 saturated carbocycles. The molecule has 0 heterocycles.